The number of halogens is 2. The maximum Gasteiger partial charge on any atom is 0.256 e. The van der Waals surface area contributed by atoms with Crippen molar-refractivity contribution < 1.29 is 9.21 Å². The third kappa shape index (κ3) is 3.96. The van der Waals surface area contributed by atoms with Crippen molar-refractivity contribution in [2.75, 3.05) is 5.32 Å². The number of carbonyl (C=O) groups is 1. The lowest BCUT2D eigenvalue weighted by atomic mass is 10.0. The van der Waals surface area contributed by atoms with Gasteiger partial charge in [0.05, 0.1) is 16.9 Å². The lowest BCUT2D eigenvalue weighted by molar-refractivity contribution is -0.111. The second-order valence-corrected chi connectivity index (χ2v) is 6.28. The highest BCUT2D eigenvalue weighted by atomic mass is 79.9. The highest BCUT2D eigenvalue weighted by molar-refractivity contribution is 9.10. The number of hydrogen-bond donors (Lipinski definition) is 1. The van der Waals surface area contributed by atoms with Crippen LogP contribution in [-0.4, -0.2) is 5.91 Å². The molecule has 120 valence electrons. The fourth-order valence-corrected chi connectivity index (χ4v) is 2.61. The lowest BCUT2D eigenvalue weighted by Gasteiger charge is -2.10. The zero-order valence-electron chi connectivity index (χ0n) is 12.5. The summed E-state index contributed by atoms with van der Waals surface area (Å²) in [4.78, 5) is 12.8. The van der Waals surface area contributed by atoms with Crippen molar-refractivity contribution in [3.63, 3.8) is 0 Å². The normalized spacial score (nSPS) is 11.3. The van der Waals surface area contributed by atoms with Crippen molar-refractivity contribution in [3.8, 4) is 0 Å². The molecule has 3 nitrogen and oxygen atoms in total. The molecule has 5 heteroatoms. The summed E-state index contributed by atoms with van der Waals surface area (Å²) in [6.07, 6.45) is 3.28. The van der Waals surface area contributed by atoms with Crippen LogP contribution in [0.3, 0.4) is 0 Å². The van der Waals surface area contributed by atoms with E-state index in [9.17, 15) is 4.79 Å². The van der Waals surface area contributed by atoms with E-state index in [1.54, 1.807) is 42.7 Å². The van der Waals surface area contributed by atoms with Crippen LogP contribution in [0.15, 0.2) is 75.8 Å². The van der Waals surface area contributed by atoms with Crippen molar-refractivity contribution >= 4 is 50.8 Å². The maximum atomic E-state index is 12.8. The minimum Gasteiger partial charge on any atom is -0.465 e. The third-order valence-corrected chi connectivity index (χ3v) is 4.57. The monoisotopic (exact) mass is 401 g/mol. The van der Waals surface area contributed by atoms with Crippen LogP contribution in [0.2, 0.25) is 5.02 Å². The second-order valence-electron chi connectivity index (χ2n) is 5.02. The molecule has 0 aliphatic rings. The number of furan rings is 1. The van der Waals surface area contributed by atoms with E-state index in [0.717, 1.165) is 10.0 Å². The Morgan fingerprint density at radius 2 is 1.88 bits per heavy atom. The first-order valence-corrected chi connectivity index (χ1v) is 8.37. The Bertz CT molecular complexity index is 874. The topological polar surface area (TPSA) is 42.2 Å². The molecular formula is C19H13BrClNO2. The van der Waals surface area contributed by atoms with Crippen molar-refractivity contribution in [3.05, 3.63) is 87.7 Å². The molecule has 1 heterocycles. The average molecular weight is 403 g/mol. The quantitative estimate of drug-likeness (QED) is 0.554. The summed E-state index contributed by atoms with van der Waals surface area (Å²) in [6.45, 7) is 0. The SMILES string of the molecule is O=C(Nc1ccc(Br)c(Cl)c1)/C(=C\c1ccco1)c1ccccc1. The predicted octanol–water partition coefficient (Wildman–Crippen LogP) is 5.87. The van der Waals surface area contributed by atoms with Crippen LogP contribution in [0, 0.1) is 0 Å². The van der Waals surface area contributed by atoms with Gasteiger partial charge in [-0.1, -0.05) is 41.9 Å². The van der Waals surface area contributed by atoms with Crippen LogP contribution in [0.5, 0.6) is 0 Å². The molecule has 24 heavy (non-hydrogen) atoms. The van der Waals surface area contributed by atoms with Crippen molar-refractivity contribution in [2.24, 2.45) is 0 Å². The Kier molecular flexibility index (Phi) is 5.18. The second kappa shape index (κ2) is 7.51. The molecule has 0 fully saturated rings. The molecule has 0 radical (unpaired) electrons. The van der Waals surface area contributed by atoms with E-state index < -0.39 is 0 Å². The molecule has 0 saturated carbocycles. The maximum absolute atomic E-state index is 12.8. The number of nitrogens with one attached hydrogen (secondary N) is 1. The molecule has 0 aliphatic heterocycles. The molecule has 0 saturated heterocycles. The van der Waals surface area contributed by atoms with E-state index >= 15 is 0 Å². The summed E-state index contributed by atoms with van der Waals surface area (Å²) in [5, 5.41) is 3.40. The van der Waals surface area contributed by atoms with Gasteiger partial charge in [-0.2, -0.15) is 0 Å². The van der Waals surface area contributed by atoms with Gasteiger partial charge >= 0.3 is 0 Å². The highest BCUT2D eigenvalue weighted by Gasteiger charge is 2.13. The van der Waals surface area contributed by atoms with E-state index in [1.807, 2.05) is 30.3 Å². The molecule has 0 atom stereocenters. The van der Waals surface area contributed by atoms with Crippen LogP contribution in [0.1, 0.15) is 11.3 Å². The number of anilines is 1. The van der Waals surface area contributed by atoms with Gasteiger partial charge < -0.3 is 9.73 Å². The molecule has 0 bridgehead atoms. The molecule has 3 aromatic rings. The molecule has 3 rings (SSSR count). The minimum absolute atomic E-state index is 0.240. The van der Waals surface area contributed by atoms with Gasteiger partial charge in [-0.3, -0.25) is 4.79 Å². The number of carbonyl (C=O) groups excluding carboxylic acids is 1. The summed E-state index contributed by atoms with van der Waals surface area (Å²) in [5.74, 6) is 0.369. The molecule has 2 aromatic carbocycles. The van der Waals surface area contributed by atoms with Gasteiger partial charge in [0, 0.05) is 10.2 Å². The Balaban J connectivity index is 1.93. The van der Waals surface area contributed by atoms with E-state index in [-0.39, 0.29) is 5.91 Å². The minimum atomic E-state index is -0.240. The fraction of sp³-hybridized carbons (Fsp3) is 0. The van der Waals surface area contributed by atoms with Crippen molar-refractivity contribution in [2.45, 2.75) is 0 Å². The van der Waals surface area contributed by atoms with E-state index in [1.165, 1.54) is 0 Å². The molecule has 1 amide bonds. The molecule has 1 N–H and O–H groups in total. The summed E-state index contributed by atoms with van der Waals surface area (Å²) in [6, 6.07) is 18.3. The first-order valence-electron chi connectivity index (χ1n) is 7.20. The van der Waals surface area contributed by atoms with Crippen molar-refractivity contribution in [1.82, 2.24) is 0 Å². The lowest BCUT2D eigenvalue weighted by Crippen LogP contribution is -2.13. The van der Waals surface area contributed by atoms with Gasteiger partial charge in [-0.05, 0) is 57.9 Å². The zero-order valence-corrected chi connectivity index (χ0v) is 14.8. The average Bonchev–Trinajstić information content (AvgIpc) is 3.10. The molecule has 0 aliphatic carbocycles. The Hall–Kier alpha value is -2.30. The number of rotatable bonds is 4. The Labute approximate surface area is 153 Å². The van der Waals surface area contributed by atoms with Gasteiger partial charge in [0.15, 0.2) is 0 Å². The Morgan fingerprint density at radius 1 is 1.08 bits per heavy atom. The van der Waals surface area contributed by atoms with Gasteiger partial charge in [0.25, 0.3) is 5.91 Å². The smallest absolute Gasteiger partial charge is 0.256 e. The van der Waals surface area contributed by atoms with Crippen LogP contribution in [0.4, 0.5) is 5.69 Å². The van der Waals surface area contributed by atoms with Gasteiger partial charge in [-0.15, -0.1) is 0 Å². The number of hydrogen-bond acceptors (Lipinski definition) is 2. The number of benzene rings is 2. The first-order chi connectivity index (χ1) is 11.6. The highest BCUT2D eigenvalue weighted by Crippen LogP contribution is 2.27. The zero-order chi connectivity index (χ0) is 16.9. The standard InChI is InChI=1S/C19H13BrClNO2/c20-17-9-8-14(11-18(17)21)22-19(23)16(12-15-7-4-10-24-15)13-5-2-1-3-6-13/h1-12H,(H,22,23)/b16-12-. The van der Waals surface area contributed by atoms with Crippen LogP contribution in [-0.2, 0) is 4.79 Å². The summed E-state index contributed by atoms with van der Waals surface area (Å²) in [5.41, 5.74) is 1.92. The third-order valence-electron chi connectivity index (χ3n) is 3.34. The summed E-state index contributed by atoms with van der Waals surface area (Å²) >= 11 is 9.41. The van der Waals surface area contributed by atoms with Crippen LogP contribution in [0.25, 0.3) is 11.6 Å². The van der Waals surface area contributed by atoms with E-state index in [0.29, 0.717) is 22.0 Å². The largest absolute Gasteiger partial charge is 0.465 e. The number of amides is 1. The Morgan fingerprint density at radius 3 is 2.54 bits per heavy atom. The van der Waals surface area contributed by atoms with Gasteiger partial charge in [0.1, 0.15) is 5.76 Å². The summed E-state index contributed by atoms with van der Waals surface area (Å²) < 4.78 is 6.11. The van der Waals surface area contributed by atoms with Crippen LogP contribution < -0.4 is 5.32 Å². The summed E-state index contributed by atoms with van der Waals surface area (Å²) in [7, 11) is 0. The van der Waals surface area contributed by atoms with Crippen molar-refractivity contribution in [1.29, 1.82) is 0 Å². The fourth-order valence-electron chi connectivity index (χ4n) is 2.19. The van der Waals surface area contributed by atoms with Gasteiger partial charge in [0.2, 0.25) is 0 Å². The molecule has 0 unspecified atom stereocenters. The van der Waals surface area contributed by atoms with E-state index in [4.69, 9.17) is 16.0 Å². The van der Waals surface area contributed by atoms with Gasteiger partial charge in [-0.25, -0.2) is 0 Å². The molecule has 0 spiro atoms. The van der Waals surface area contributed by atoms with Crippen LogP contribution >= 0.6 is 27.5 Å². The first kappa shape index (κ1) is 16.6. The molecule has 1 aromatic heterocycles. The van der Waals surface area contributed by atoms with E-state index in [2.05, 4.69) is 21.2 Å². The predicted molar refractivity (Wildman–Crippen MR) is 101 cm³/mol. The molecular weight excluding hydrogens is 390 g/mol.